The maximum Gasteiger partial charge on any atom is 0.156 e. The summed E-state index contributed by atoms with van der Waals surface area (Å²) >= 11 is 0. The molecule has 4 nitrogen and oxygen atoms in total. The minimum atomic E-state index is -3.02. The molecule has 17 heavy (non-hydrogen) atoms. The highest BCUT2D eigenvalue weighted by Crippen LogP contribution is 2.19. The van der Waals surface area contributed by atoms with Crippen LogP contribution < -0.4 is 5.73 Å². The molecule has 2 atom stereocenters. The van der Waals surface area contributed by atoms with Gasteiger partial charge >= 0.3 is 0 Å². The Labute approximate surface area is 105 Å². The Hall–Kier alpha value is -0.130. The van der Waals surface area contributed by atoms with E-state index in [0.29, 0.717) is 12.6 Å². The summed E-state index contributed by atoms with van der Waals surface area (Å²) in [7, 11) is -3.02. The number of nitrogens with zero attached hydrogens (tertiary/aromatic N) is 1. The maximum atomic E-state index is 12.0. The van der Waals surface area contributed by atoms with Gasteiger partial charge < -0.3 is 5.73 Å². The Morgan fingerprint density at radius 2 is 1.88 bits per heavy atom. The predicted molar refractivity (Wildman–Crippen MR) is 71.8 cm³/mol. The Kier molecular flexibility index (Phi) is 4.60. The zero-order chi connectivity index (χ0) is 13.3. The van der Waals surface area contributed by atoms with Crippen molar-refractivity contribution in [2.24, 2.45) is 5.73 Å². The summed E-state index contributed by atoms with van der Waals surface area (Å²) in [5.41, 5.74) is 5.92. The minimum Gasteiger partial charge on any atom is -0.327 e. The Bertz CT molecular complexity index is 346. The summed E-state index contributed by atoms with van der Waals surface area (Å²) in [6.45, 7) is 8.85. The van der Waals surface area contributed by atoms with Crippen LogP contribution in [0, 0.1) is 0 Å². The zero-order valence-corrected chi connectivity index (χ0v) is 12.3. The van der Waals surface area contributed by atoms with Crippen molar-refractivity contribution in [1.82, 2.24) is 4.90 Å². The van der Waals surface area contributed by atoms with E-state index in [1.807, 2.05) is 0 Å². The second-order valence-corrected chi connectivity index (χ2v) is 8.98. The lowest BCUT2D eigenvalue weighted by atomic mass is 10.0. The van der Waals surface area contributed by atoms with Gasteiger partial charge in [-0.15, -0.1) is 0 Å². The number of rotatable bonds is 3. The van der Waals surface area contributed by atoms with Gasteiger partial charge in [0, 0.05) is 25.2 Å². The van der Waals surface area contributed by atoms with Gasteiger partial charge in [0.25, 0.3) is 0 Å². The van der Waals surface area contributed by atoms with E-state index in [1.165, 1.54) is 0 Å². The first-order chi connectivity index (χ1) is 7.63. The second kappa shape index (κ2) is 5.24. The van der Waals surface area contributed by atoms with Gasteiger partial charge in [-0.2, -0.15) is 0 Å². The second-order valence-electron chi connectivity index (χ2n) is 6.11. The van der Waals surface area contributed by atoms with Crippen molar-refractivity contribution in [3.05, 3.63) is 0 Å². The van der Waals surface area contributed by atoms with Gasteiger partial charge in [0.05, 0.1) is 10.5 Å². The van der Waals surface area contributed by atoms with Crippen molar-refractivity contribution < 1.29 is 8.42 Å². The molecular formula is C12H26N2O2S. The highest BCUT2D eigenvalue weighted by atomic mass is 32.2. The lowest BCUT2D eigenvalue weighted by molar-refractivity contribution is 0.154. The van der Waals surface area contributed by atoms with Gasteiger partial charge in [0.2, 0.25) is 0 Å². The van der Waals surface area contributed by atoms with E-state index in [-0.39, 0.29) is 11.8 Å². The molecule has 1 saturated heterocycles. The fourth-order valence-electron chi connectivity index (χ4n) is 2.07. The van der Waals surface area contributed by atoms with E-state index >= 15 is 0 Å². The van der Waals surface area contributed by atoms with Crippen LogP contribution in [0.4, 0.5) is 0 Å². The molecular weight excluding hydrogens is 236 g/mol. The summed E-state index contributed by atoms with van der Waals surface area (Å²) in [5.74, 6) is 0.230. The number of sulfone groups is 1. The molecule has 1 fully saturated rings. The van der Waals surface area contributed by atoms with E-state index < -0.39 is 14.6 Å². The SMILES string of the molecule is CC1CCC(N)CN1CCS(=O)(=O)C(C)(C)C. The number of hydrogen-bond donors (Lipinski definition) is 1. The maximum absolute atomic E-state index is 12.0. The number of nitrogens with two attached hydrogens (primary N) is 1. The minimum absolute atomic E-state index is 0.198. The molecule has 5 heteroatoms. The van der Waals surface area contributed by atoms with E-state index in [4.69, 9.17) is 5.73 Å². The number of hydrogen-bond acceptors (Lipinski definition) is 4. The normalized spacial score (nSPS) is 28.3. The third-order valence-corrected chi connectivity index (χ3v) is 6.21. The highest BCUT2D eigenvalue weighted by Gasteiger charge is 2.31. The van der Waals surface area contributed by atoms with Crippen LogP contribution in [0.25, 0.3) is 0 Å². The van der Waals surface area contributed by atoms with Crippen molar-refractivity contribution in [1.29, 1.82) is 0 Å². The molecule has 0 aromatic heterocycles. The molecule has 102 valence electrons. The Balaban J connectivity index is 2.56. The van der Waals surface area contributed by atoms with Crippen molar-refractivity contribution in [2.75, 3.05) is 18.8 Å². The summed E-state index contributed by atoms with van der Waals surface area (Å²) in [6.07, 6.45) is 2.11. The molecule has 1 rings (SSSR count). The standard InChI is InChI=1S/C12H26N2O2S/c1-10-5-6-11(13)9-14(10)7-8-17(15,16)12(2,3)4/h10-11H,5-9,13H2,1-4H3. The van der Waals surface area contributed by atoms with Crippen LogP contribution in [0.3, 0.4) is 0 Å². The molecule has 0 aromatic carbocycles. The largest absolute Gasteiger partial charge is 0.327 e. The van der Waals surface area contributed by atoms with E-state index in [2.05, 4.69) is 11.8 Å². The van der Waals surface area contributed by atoms with Gasteiger partial charge in [-0.3, -0.25) is 4.90 Å². The summed E-state index contributed by atoms with van der Waals surface area (Å²) in [6, 6.07) is 0.647. The van der Waals surface area contributed by atoms with Gasteiger partial charge in [-0.1, -0.05) is 0 Å². The number of likely N-dealkylation sites (tertiary alicyclic amines) is 1. The van der Waals surface area contributed by atoms with Crippen LogP contribution in [0.5, 0.6) is 0 Å². The molecule has 2 N–H and O–H groups in total. The molecule has 2 unspecified atom stereocenters. The van der Waals surface area contributed by atoms with Crippen LogP contribution in [-0.4, -0.2) is 49.0 Å². The molecule has 0 spiro atoms. The van der Waals surface area contributed by atoms with E-state index in [0.717, 1.165) is 19.4 Å². The Morgan fingerprint density at radius 1 is 1.29 bits per heavy atom. The lowest BCUT2D eigenvalue weighted by Crippen LogP contribution is -2.49. The third kappa shape index (κ3) is 3.93. The summed E-state index contributed by atoms with van der Waals surface area (Å²) in [5, 5.41) is 0. The van der Waals surface area contributed by atoms with Crippen LogP contribution >= 0.6 is 0 Å². The molecule has 0 amide bonds. The van der Waals surface area contributed by atoms with Crippen molar-refractivity contribution in [2.45, 2.75) is 57.4 Å². The predicted octanol–water partition coefficient (Wildman–Crippen LogP) is 1.01. The third-order valence-electron chi connectivity index (χ3n) is 3.63. The van der Waals surface area contributed by atoms with Crippen molar-refractivity contribution in [3.63, 3.8) is 0 Å². The van der Waals surface area contributed by atoms with Crippen LogP contribution in [0.1, 0.15) is 40.5 Å². The van der Waals surface area contributed by atoms with Crippen LogP contribution in [-0.2, 0) is 9.84 Å². The average molecular weight is 262 g/mol. The first-order valence-electron chi connectivity index (χ1n) is 6.35. The fraction of sp³-hybridized carbons (Fsp3) is 1.00. The van der Waals surface area contributed by atoms with Gasteiger partial charge in [-0.25, -0.2) is 8.42 Å². The van der Waals surface area contributed by atoms with Gasteiger partial charge in [-0.05, 0) is 40.5 Å². The fourth-order valence-corrected chi connectivity index (χ4v) is 3.15. The highest BCUT2D eigenvalue weighted by molar-refractivity contribution is 7.92. The van der Waals surface area contributed by atoms with Gasteiger partial charge in [0.15, 0.2) is 9.84 Å². The quantitative estimate of drug-likeness (QED) is 0.824. The summed E-state index contributed by atoms with van der Waals surface area (Å²) < 4.78 is 23.4. The number of piperidine rings is 1. The monoisotopic (exact) mass is 262 g/mol. The molecule has 0 radical (unpaired) electrons. The molecule has 1 aliphatic heterocycles. The van der Waals surface area contributed by atoms with E-state index in [1.54, 1.807) is 20.8 Å². The zero-order valence-electron chi connectivity index (χ0n) is 11.4. The smallest absolute Gasteiger partial charge is 0.156 e. The van der Waals surface area contributed by atoms with Crippen LogP contribution in [0.2, 0.25) is 0 Å². The molecule has 0 aliphatic carbocycles. The molecule has 0 saturated carbocycles. The van der Waals surface area contributed by atoms with Crippen LogP contribution in [0.15, 0.2) is 0 Å². The van der Waals surface area contributed by atoms with Crippen molar-refractivity contribution >= 4 is 9.84 Å². The molecule has 1 aliphatic rings. The van der Waals surface area contributed by atoms with E-state index in [9.17, 15) is 8.42 Å². The van der Waals surface area contributed by atoms with Gasteiger partial charge in [0.1, 0.15) is 0 Å². The molecule has 0 bridgehead atoms. The average Bonchev–Trinajstić information content (AvgIpc) is 2.18. The first-order valence-corrected chi connectivity index (χ1v) is 8.00. The summed E-state index contributed by atoms with van der Waals surface area (Å²) in [4.78, 5) is 2.21. The molecule has 0 aromatic rings. The lowest BCUT2D eigenvalue weighted by Gasteiger charge is -2.37. The molecule has 1 heterocycles. The Morgan fingerprint density at radius 3 is 2.41 bits per heavy atom. The topological polar surface area (TPSA) is 63.4 Å². The first kappa shape index (κ1) is 14.9. The van der Waals surface area contributed by atoms with Crippen molar-refractivity contribution in [3.8, 4) is 0 Å².